The summed E-state index contributed by atoms with van der Waals surface area (Å²) in [5.74, 6) is 0.433. The Morgan fingerprint density at radius 2 is 1.64 bits per heavy atom. The van der Waals surface area contributed by atoms with E-state index in [0.29, 0.717) is 12.2 Å². The molecular formula is C18H22O3S. The highest BCUT2D eigenvalue weighted by Crippen LogP contribution is 2.23. The Labute approximate surface area is 133 Å². The van der Waals surface area contributed by atoms with Crippen molar-refractivity contribution in [3.05, 3.63) is 65.2 Å². The van der Waals surface area contributed by atoms with E-state index < -0.39 is 10.1 Å². The van der Waals surface area contributed by atoms with Crippen LogP contribution in [0.5, 0.6) is 5.75 Å². The first kappa shape index (κ1) is 16.6. The van der Waals surface area contributed by atoms with Crippen LogP contribution in [0.3, 0.4) is 0 Å². The van der Waals surface area contributed by atoms with Crippen molar-refractivity contribution in [3.8, 4) is 5.75 Å². The summed E-state index contributed by atoms with van der Waals surface area (Å²) >= 11 is 0. The van der Waals surface area contributed by atoms with Crippen LogP contribution < -0.4 is 4.18 Å². The van der Waals surface area contributed by atoms with Gasteiger partial charge < -0.3 is 4.18 Å². The van der Waals surface area contributed by atoms with Crippen molar-refractivity contribution >= 4 is 10.1 Å². The summed E-state index contributed by atoms with van der Waals surface area (Å²) in [5, 5.41) is 0. The third kappa shape index (κ3) is 4.60. The number of aryl methyl sites for hydroxylation is 3. The van der Waals surface area contributed by atoms with Gasteiger partial charge in [-0.15, -0.1) is 0 Å². The van der Waals surface area contributed by atoms with E-state index in [9.17, 15) is 8.42 Å². The molecule has 0 fully saturated rings. The zero-order valence-electron chi connectivity index (χ0n) is 13.1. The Hall–Kier alpha value is -1.81. The summed E-state index contributed by atoms with van der Waals surface area (Å²) in [4.78, 5) is 0. The van der Waals surface area contributed by atoms with Gasteiger partial charge in [-0.05, 0) is 42.0 Å². The highest BCUT2D eigenvalue weighted by atomic mass is 32.2. The van der Waals surface area contributed by atoms with Crippen molar-refractivity contribution in [2.45, 2.75) is 33.1 Å². The minimum Gasteiger partial charge on any atom is -0.382 e. The molecule has 0 saturated heterocycles. The molecule has 0 aliphatic rings. The third-order valence-corrected chi connectivity index (χ3v) is 4.75. The van der Waals surface area contributed by atoms with Crippen LogP contribution in [0.25, 0.3) is 0 Å². The largest absolute Gasteiger partial charge is 0.382 e. The Morgan fingerprint density at radius 3 is 2.27 bits per heavy atom. The SMILES string of the molecule is CCc1ccc(OS(=O)(=O)CCc2ccccc2)c(CC)c1. The van der Waals surface area contributed by atoms with Gasteiger partial charge in [0.15, 0.2) is 0 Å². The first-order chi connectivity index (χ1) is 10.5. The van der Waals surface area contributed by atoms with E-state index in [1.807, 2.05) is 49.4 Å². The Morgan fingerprint density at radius 1 is 0.909 bits per heavy atom. The lowest BCUT2D eigenvalue weighted by atomic mass is 10.1. The number of hydrogen-bond donors (Lipinski definition) is 0. The molecule has 0 N–H and O–H groups in total. The minimum absolute atomic E-state index is 0.0182. The zero-order valence-corrected chi connectivity index (χ0v) is 13.9. The lowest BCUT2D eigenvalue weighted by Gasteiger charge is -2.12. The molecule has 0 saturated carbocycles. The predicted molar refractivity (Wildman–Crippen MR) is 89.8 cm³/mol. The molecule has 2 aromatic rings. The van der Waals surface area contributed by atoms with Crippen molar-refractivity contribution in [1.82, 2.24) is 0 Å². The fourth-order valence-corrected chi connectivity index (χ4v) is 3.28. The molecule has 0 radical (unpaired) electrons. The van der Waals surface area contributed by atoms with Gasteiger partial charge in [0.2, 0.25) is 0 Å². The summed E-state index contributed by atoms with van der Waals surface area (Å²) in [7, 11) is -3.58. The van der Waals surface area contributed by atoms with Gasteiger partial charge >= 0.3 is 10.1 Å². The van der Waals surface area contributed by atoms with Gasteiger partial charge in [-0.2, -0.15) is 8.42 Å². The maximum Gasteiger partial charge on any atom is 0.309 e. The molecule has 0 aliphatic heterocycles. The monoisotopic (exact) mass is 318 g/mol. The third-order valence-electron chi connectivity index (χ3n) is 3.61. The number of rotatable bonds is 7. The van der Waals surface area contributed by atoms with Gasteiger partial charge in [0, 0.05) is 0 Å². The van der Waals surface area contributed by atoms with Gasteiger partial charge in [-0.3, -0.25) is 0 Å². The van der Waals surface area contributed by atoms with Crippen molar-refractivity contribution in [1.29, 1.82) is 0 Å². The summed E-state index contributed by atoms with van der Waals surface area (Å²) in [6, 6.07) is 15.3. The van der Waals surface area contributed by atoms with Gasteiger partial charge in [-0.1, -0.05) is 56.3 Å². The van der Waals surface area contributed by atoms with E-state index in [1.165, 1.54) is 5.56 Å². The van der Waals surface area contributed by atoms with E-state index in [2.05, 4.69) is 6.92 Å². The van der Waals surface area contributed by atoms with Crippen molar-refractivity contribution in [2.24, 2.45) is 0 Å². The van der Waals surface area contributed by atoms with E-state index in [-0.39, 0.29) is 5.75 Å². The van der Waals surface area contributed by atoms with Gasteiger partial charge in [0.25, 0.3) is 0 Å². The normalized spacial score (nSPS) is 11.4. The highest BCUT2D eigenvalue weighted by Gasteiger charge is 2.15. The molecule has 2 rings (SSSR count). The van der Waals surface area contributed by atoms with Crippen LogP contribution in [0.1, 0.15) is 30.5 Å². The molecule has 0 atom stereocenters. The summed E-state index contributed by atoms with van der Waals surface area (Å²) in [6.45, 7) is 4.07. The number of hydrogen-bond acceptors (Lipinski definition) is 3. The fraction of sp³-hybridized carbons (Fsp3) is 0.333. The molecule has 118 valence electrons. The van der Waals surface area contributed by atoms with Crippen LogP contribution >= 0.6 is 0 Å². The highest BCUT2D eigenvalue weighted by molar-refractivity contribution is 7.87. The lowest BCUT2D eigenvalue weighted by molar-refractivity contribution is 0.482. The van der Waals surface area contributed by atoms with Crippen molar-refractivity contribution in [3.63, 3.8) is 0 Å². The maximum atomic E-state index is 12.2. The van der Waals surface area contributed by atoms with Crippen molar-refractivity contribution < 1.29 is 12.6 Å². The van der Waals surface area contributed by atoms with Crippen LogP contribution in [0.4, 0.5) is 0 Å². The molecule has 22 heavy (non-hydrogen) atoms. The molecule has 4 heteroatoms. The van der Waals surface area contributed by atoms with Crippen LogP contribution in [0, 0.1) is 0 Å². The van der Waals surface area contributed by atoms with Crippen LogP contribution in [-0.4, -0.2) is 14.2 Å². The lowest BCUT2D eigenvalue weighted by Crippen LogP contribution is -2.16. The van der Waals surface area contributed by atoms with Gasteiger partial charge in [0.05, 0.1) is 5.75 Å². The van der Waals surface area contributed by atoms with Crippen LogP contribution in [0.2, 0.25) is 0 Å². The fourth-order valence-electron chi connectivity index (χ4n) is 2.28. The Bertz CT molecular complexity index is 706. The second kappa shape index (κ2) is 7.45. The van der Waals surface area contributed by atoms with Crippen LogP contribution in [-0.2, 0) is 29.4 Å². The average Bonchev–Trinajstić information content (AvgIpc) is 2.54. The quantitative estimate of drug-likeness (QED) is 0.730. The topological polar surface area (TPSA) is 43.4 Å². The summed E-state index contributed by atoms with van der Waals surface area (Å²) in [5.41, 5.74) is 3.11. The molecule has 0 aromatic heterocycles. The summed E-state index contributed by atoms with van der Waals surface area (Å²) < 4.78 is 29.7. The van der Waals surface area contributed by atoms with E-state index >= 15 is 0 Å². The molecule has 0 bridgehead atoms. The van der Waals surface area contributed by atoms with Crippen molar-refractivity contribution in [2.75, 3.05) is 5.75 Å². The Balaban J connectivity index is 2.08. The average molecular weight is 318 g/mol. The van der Waals surface area contributed by atoms with Crippen LogP contribution in [0.15, 0.2) is 48.5 Å². The second-order valence-corrected chi connectivity index (χ2v) is 6.92. The van der Waals surface area contributed by atoms with Gasteiger partial charge in [-0.25, -0.2) is 0 Å². The summed E-state index contributed by atoms with van der Waals surface area (Å²) in [6.07, 6.45) is 2.13. The molecule has 0 spiro atoms. The molecule has 0 aliphatic carbocycles. The molecule has 0 unspecified atom stereocenters. The second-order valence-electron chi connectivity index (χ2n) is 5.23. The molecule has 0 heterocycles. The minimum atomic E-state index is -3.58. The predicted octanol–water partition coefficient (Wildman–Crippen LogP) is 3.76. The molecule has 3 nitrogen and oxygen atoms in total. The first-order valence-electron chi connectivity index (χ1n) is 7.62. The van der Waals surface area contributed by atoms with Gasteiger partial charge in [0.1, 0.15) is 5.75 Å². The molecule has 2 aromatic carbocycles. The Kier molecular flexibility index (Phi) is 5.61. The first-order valence-corrected chi connectivity index (χ1v) is 9.19. The standard InChI is InChI=1S/C18H22O3S/c1-3-15-10-11-18(17(4-2)14-15)21-22(19,20)13-12-16-8-6-5-7-9-16/h5-11,14H,3-4,12-13H2,1-2H3. The smallest absolute Gasteiger partial charge is 0.309 e. The molecule has 0 amide bonds. The number of benzene rings is 2. The maximum absolute atomic E-state index is 12.2. The van der Waals surface area contributed by atoms with E-state index in [4.69, 9.17) is 4.18 Å². The molecular weight excluding hydrogens is 296 g/mol. The van der Waals surface area contributed by atoms with E-state index in [0.717, 1.165) is 24.0 Å². The zero-order chi connectivity index (χ0) is 16.0. The van der Waals surface area contributed by atoms with E-state index in [1.54, 1.807) is 6.07 Å².